The molecule has 0 saturated carbocycles. The molecule has 0 spiro atoms. The molecular formula is C29H25N3O3. The van der Waals surface area contributed by atoms with Gasteiger partial charge in [0.25, 0.3) is 0 Å². The van der Waals surface area contributed by atoms with Crippen LogP contribution in [-0.2, 0) is 4.79 Å². The van der Waals surface area contributed by atoms with Crippen LogP contribution in [0, 0.1) is 23.7 Å². The summed E-state index contributed by atoms with van der Waals surface area (Å²) in [7, 11) is 1.55. The highest BCUT2D eigenvalue weighted by atomic mass is 16.5. The highest BCUT2D eigenvalue weighted by molar-refractivity contribution is 6.06. The predicted molar refractivity (Wildman–Crippen MR) is 134 cm³/mol. The number of primary amides is 1. The minimum absolute atomic E-state index is 0.206. The van der Waals surface area contributed by atoms with Crippen molar-refractivity contribution in [2.45, 2.75) is 24.9 Å². The second kappa shape index (κ2) is 8.44. The number of nitrogens with zero attached hydrogens (tertiary/aromatic N) is 2. The Morgan fingerprint density at radius 1 is 1.06 bits per heavy atom. The Kier molecular flexibility index (Phi) is 5.41. The average Bonchev–Trinajstić information content (AvgIpc) is 3.20. The molecular weight excluding hydrogens is 438 g/mol. The van der Waals surface area contributed by atoms with E-state index < -0.39 is 29.3 Å². The van der Waals surface area contributed by atoms with E-state index in [1.807, 2.05) is 72.5 Å². The predicted octanol–water partition coefficient (Wildman–Crippen LogP) is 4.25. The van der Waals surface area contributed by atoms with Crippen LogP contribution in [0.4, 0.5) is 5.69 Å². The number of nitriles is 1. The summed E-state index contributed by atoms with van der Waals surface area (Å²) in [5.41, 5.74) is 8.31. The fourth-order valence-corrected chi connectivity index (χ4v) is 5.59. The van der Waals surface area contributed by atoms with Crippen LogP contribution in [0.1, 0.15) is 33.0 Å². The lowest BCUT2D eigenvalue weighted by atomic mass is 9.67. The second-order valence-corrected chi connectivity index (χ2v) is 9.05. The monoisotopic (exact) mass is 463 g/mol. The second-order valence-electron chi connectivity index (χ2n) is 9.05. The van der Waals surface area contributed by atoms with Gasteiger partial charge in [-0.05, 0) is 42.3 Å². The third-order valence-corrected chi connectivity index (χ3v) is 7.17. The molecule has 1 saturated heterocycles. The molecule has 3 aromatic carbocycles. The van der Waals surface area contributed by atoms with Crippen LogP contribution in [-0.4, -0.2) is 30.9 Å². The lowest BCUT2D eigenvalue weighted by Crippen LogP contribution is -2.49. The zero-order valence-electron chi connectivity index (χ0n) is 19.5. The van der Waals surface area contributed by atoms with Gasteiger partial charge in [0.05, 0.1) is 19.2 Å². The SMILES string of the molecule is COc1cccc(C(=O)[C@@H]2[C@H](c3ccccc3)[C@@](C#N)(C(N)=O)[C@@H]3C=Cc4cc(C)ccc4N23)c1. The van der Waals surface area contributed by atoms with E-state index in [0.29, 0.717) is 16.9 Å². The minimum Gasteiger partial charge on any atom is -0.497 e. The van der Waals surface area contributed by atoms with Crippen LogP contribution >= 0.6 is 0 Å². The van der Waals surface area contributed by atoms with Crippen molar-refractivity contribution in [2.24, 2.45) is 11.1 Å². The van der Waals surface area contributed by atoms with Gasteiger partial charge in [-0.25, -0.2) is 0 Å². The first kappa shape index (κ1) is 22.4. The van der Waals surface area contributed by atoms with Gasteiger partial charge >= 0.3 is 0 Å². The fourth-order valence-electron chi connectivity index (χ4n) is 5.59. The van der Waals surface area contributed by atoms with Crippen molar-refractivity contribution in [2.75, 3.05) is 12.0 Å². The molecule has 5 rings (SSSR count). The van der Waals surface area contributed by atoms with Crippen molar-refractivity contribution >= 4 is 23.5 Å². The maximum atomic E-state index is 14.3. The first-order valence-electron chi connectivity index (χ1n) is 11.4. The quantitative estimate of drug-likeness (QED) is 0.571. The summed E-state index contributed by atoms with van der Waals surface area (Å²) in [4.78, 5) is 29.4. The number of benzene rings is 3. The Labute approximate surface area is 204 Å². The number of ketones is 1. The summed E-state index contributed by atoms with van der Waals surface area (Å²) in [5.74, 6) is -1.18. The number of fused-ring (bicyclic) bond motifs is 3. The van der Waals surface area contributed by atoms with Crippen LogP contribution < -0.4 is 15.4 Å². The largest absolute Gasteiger partial charge is 0.497 e. The molecule has 2 N–H and O–H groups in total. The van der Waals surface area contributed by atoms with Crippen molar-refractivity contribution in [1.29, 1.82) is 5.26 Å². The molecule has 2 aliphatic rings. The van der Waals surface area contributed by atoms with Gasteiger partial charge in [-0.3, -0.25) is 9.59 Å². The third-order valence-electron chi connectivity index (χ3n) is 7.17. The van der Waals surface area contributed by atoms with Crippen LogP contribution in [0.5, 0.6) is 5.75 Å². The van der Waals surface area contributed by atoms with Gasteiger partial charge in [-0.1, -0.05) is 66.2 Å². The lowest BCUT2D eigenvalue weighted by molar-refractivity contribution is -0.125. The summed E-state index contributed by atoms with van der Waals surface area (Å²) in [6.07, 6.45) is 3.75. The van der Waals surface area contributed by atoms with Crippen LogP contribution in [0.3, 0.4) is 0 Å². The summed E-state index contributed by atoms with van der Waals surface area (Å²) in [6, 6.07) is 22.9. The number of anilines is 1. The molecule has 35 heavy (non-hydrogen) atoms. The normalized spacial score (nSPS) is 24.3. The van der Waals surface area contributed by atoms with Crippen molar-refractivity contribution in [3.63, 3.8) is 0 Å². The third kappa shape index (κ3) is 3.31. The molecule has 0 radical (unpaired) electrons. The number of carbonyl (C=O) groups excluding carboxylic acids is 2. The number of rotatable bonds is 5. The molecule has 1 amide bonds. The molecule has 2 aliphatic heterocycles. The fraction of sp³-hybridized carbons (Fsp3) is 0.207. The highest BCUT2D eigenvalue weighted by Gasteiger charge is 2.65. The summed E-state index contributed by atoms with van der Waals surface area (Å²) in [6.45, 7) is 2.00. The summed E-state index contributed by atoms with van der Waals surface area (Å²) in [5, 5.41) is 10.6. The number of methoxy groups -OCH3 is 1. The van der Waals surface area contributed by atoms with Gasteiger partial charge in [-0.15, -0.1) is 0 Å². The van der Waals surface area contributed by atoms with E-state index >= 15 is 0 Å². The molecule has 2 heterocycles. The highest BCUT2D eigenvalue weighted by Crippen LogP contribution is 2.55. The van der Waals surface area contributed by atoms with E-state index in [1.54, 1.807) is 31.4 Å². The number of nitrogens with two attached hydrogens (primary N) is 1. The molecule has 0 unspecified atom stereocenters. The lowest BCUT2D eigenvalue weighted by Gasteiger charge is -2.36. The molecule has 6 heteroatoms. The Morgan fingerprint density at radius 3 is 2.51 bits per heavy atom. The topological polar surface area (TPSA) is 96.4 Å². The van der Waals surface area contributed by atoms with Crippen molar-refractivity contribution < 1.29 is 14.3 Å². The van der Waals surface area contributed by atoms with E-state index in [9.17, 15) is 14.9 Å². The standard InChI is InChI=1S/C29H25N3O3/c1-18-11-13-23-20(15-18)12-14-24-29(17-30,28(31)34)25(19-7-4-3-5-8-19)26(32(23)24)27(33)21-9-6-10-22(16-21)35-2/h3-16,24-26H,1-2H3,(H2,31,34)/t24-,25-,26-,29-/m0/s1. The van der Waals surface area contributed by atoms with Gasteiger partial charge in [0, 0.05) is 17.2 Å². The molecule has 0 aromatic heterocycles. The minimum atomic E-state index is -1.65. The smallest absolute Gasteiger partial charge is 0.241 e. The van der Waals surface area contributed by atoms with Crippen LogP contribution in [0.25, 0.3) is 6.08 Å². The number of aryl methyl sites for hydroxylation is 1. The van der Waals surface area contributed by atoms with Gasteiger partial charge in [0.15, 0.2) is 11.2 Å². The number of carbonyl (C=O) groups is 2. The average molecular weight is 464 g/mol. The van der Waals surface area contributed by atoms with Gasteiger partial charge in [0.1, 0.15) is 11.8 Å². The van der Waals surface area contributed by atoms with E-state index in [0.717, 1.165) is 16.8 Å². The number of ether oxygens (including phenoxy) is 1. The molecule has 174 valence electrons. The molecule has 0 aliphatic carbocycles. The first-order valence-corrected chi connectivity index (χ1v) is 11.4. The van der Waals surface area contributed by atoms with E-state index in [1.165, 1.54) is 0 Å². The maximum absolute atomic E-state index is 14.3. The summed E-state index contributed by atoms with van der Waals surface area (Å²) >= 11 is 0. The number of hydrogen-bond acceptors (Lipinski definition) is 5. The van der Waals surface area contributed by atoms with Gasteiger partial charge in [-0.2, -0.15) is 5.26 Å². The van der Waals surface area contributed by atoms with Crippen molar-refractivity contribution in [1.82, 2.24) is 0 Å². The van der Waals surface area contributed by atoms with Crippen molar-refractivity contribution in [3.8, 4) is 11.8 Å². The zero-order valence-corrected chi connectivity index (χ0v) is 19.5. The molecule has 3 aromatic rings. The molecule has 1 fully saturated rings. The number of Topliss-reactive ketones (excluding diaryl/α,β-unsaturated/α-hetero) is 1. The van der Waals surface area contributed by atoms with E-state index in [-0.39, 0.29) is 5.78 Å². The molecule has 6 nitrogen and oxygen atoms in total. The van der Waals surface area contributed by atoms with E-state index in [2.05, 4.69) is 6.07 Å². The Morgan fingerprint density at radius 2 is 1.83 bits per heavy atom. The molecule has 4 atom stereocenters. The number of hydrogen-bond donors (Lipinski definition) is 1. The summed E-state index contributed by atoms with van der Waals surface area (Å²) < 4.78 is 5.35. The zero-order chi connectivity index (χ0) is 24.7. The Bertz CT molecular complexity index is 1390. The Hall–Kier alpha value is -4.37. The first-order chi connectivity index (χ1) is 16.9. The molecule has 0 bridgehead atoms. The van der Waals surface area contributed by atoms with E-state index in [4.69, 9.17) is 10.5 Å². The maximum Gasteiger partial charge on any atom is 0.241 e. The van der Waals surface area contributed by atoms with Crippen LogP contribution in [0.15, 0.2) is 78.9 Å². The van der Waals surface area contributed by atoms with Gasteiger partial charge in [0.2, 0.25) is 5.91 Å². The van der Waals surface area contributed by atoms with Gasteiger partial charge < -0.3 is 15.4 Å². The Balaban J connectivity index is 1.80. The number of amides is 1. The van der Waals surface area contributed by atoms with Crippen molar-refractivity contribution in [3.05, 3.63) is 101 Å². The van der Waals surface area contributed by atoms with Crippen LogP contribution in [0.2, 0.25) is 0 Å².